The average molecular weight is 493 g/mol. The van der Waals surface area contributed by atoms with Crippen LogP contribution in [-0.2, 0) is 22.2 Å². The number of carboxylic acids is 1. The number of carboxylic acid groups (broad SMARTS) is 1. The molecule has 0 spiro atoms. The Morgan fingerprint density at radius 3 is 2.07 bits per heavy atom. The van der Waals surface area contributed by atoms with Crippen LogP contribution >= 0.6 is 22.6 Å². The fraction of sp³-hybridized carbons (Fsp3) is 0.222. The van der Waals surface area contributed by atoms with Crippen LogP contribution < -0.4 is 5.32 Å². The van der Waals surface area contributed by atoms with Crippen molar-refractivity contribution in [1.82, 2.24) is 5.32 Å². The summed E-state index contributed by atoms with van der Waals surface area (Å²) in [4.78, 5) is 23.5. The van der Waals surface area contributed by atoms with Gasteiger partial charge in [0, 0.05) is 9.99 Å². The first-order valence-electron chi connectivity index (χ1n) is 7.71. The molecular formula is C18H15F3INO4. The van der Waals surface area contributed by atoms with Crippen LogP contribution in [0.2, 0.25) is 0 Å². The van der Waals surface area contributed by atoms with Crippen LogP contribution in [-0.4, -0.2) is 28.1 Å². The van der Waals surface area contributed by atoms with Crippen molar-refractivity contribution >= 4 is 34.5 Å². The minimum absolute atomic E-state index is 0.00226. The molecule has 9 heteroatoms. The summed E-state index contributed by atoms with van der Waals surface area (Å²) in [6.07, 6.45) is -6.32. The summed E-state index contributed by atoms with van der Waals surface area (Å²) >= 11 is 2.10. The molecule has 0 radical (unpaired) electrons. The lowest BCUT2D eigenvalue weighted by atomic mass is 10.0. The second-order valence-electron chi connectivity index (χ2n) is 5.75. The molecule has 3 N–H and O–H groups in total. The van der Waals surface area contributed by atoms with Crippen LogP contribution in [0.1, 0.15) is 22.8 Å². The Hall–Kier alpha value is -2.14. The summed E-state index contributed by atoms with van der Waals surface area (Å²) in [5.41, 5.74) is -0.313. The third-order valence-corrected chi connectivity index (χ3v) is 4.49. The highest BCUT2D eigenvalue weighted by Gasteiger charge is 2.31. The van der Waals surface area contributed by atoms with Gasteiger partial charge < -0.3 is 15.5 Å². The van der Waals surface area contributed by atoms with E-state index in [4.69, 9.17) is 0 Å². The summed E-state index contributed by atoms with van der Waals surface area (Å²) in [6.45, 7) is 0. The maximum Gasteiger partial charge on any atom is 0.416 e. The van der Waals surface area contributed by atoms with E-state index in [1.54, 1.807) is 24.3 Å². The minimum atomic E-state index is -4.53. The predicted molar refractivity (Wildman–Crippen MR) is 98.8 cm³/mol. The highest BCUT2D eigenvalue weighted by molar-refractivity contribution is 14.1. The Kier molecular flexibility index (Phi) is 6.82. The number of benzene rings is 2. The standard InChI is InChI=1S/C18H15F3INO4/c19-18(20,21)12-5-3-11(4-6-12)15(24)16(25)23-14(17(26)27)9-10-1-7-13(22)8-2-10/h1-8,14-15,24H,9H2,(H,23,25)(H,26,27)/t14-,15+/m1/s1. The molecule has 144 valence electrons. The van der Waals surface area contributed by atoms with Gasteiger partial charge in [0.1, 0.15) is 6.04 Å². The third kappa shape index (κ3) is 5.93. The number of aliphatic hydroxyl groups is 1. The zero-order valence-electron chi connectivity index (χ0n) is 13.7. The van der Waals surface area contributed by atoms with E-state index in [1.807, 2.05) is 0 Å². The van der Waals surface area contributed by atoms with Gasteiger partial charge in [-0.3, -0.25) is 4.79 Å². The minimum Gasteiger partial charge on any atom is -0.480 e. The van der Waals surface area contributed by atoms with Crippen molar-refractivity contribution < 1.29 is 33.0 Å². The molecule has 5 nitrogen and oxygen atoms in total. The average Bonchev–Trinajstić information content (AvgIpc) is 2.61. The van der Waals surface area contributed by atoms with Crippen LogP contribution in [0.4, 0.5) is 13.2 Å². The van der Waals surface area contributed by atoms with E-state index in [2.05, 4.69) is 27.9 Å². The molecule has 2 aromatic carbocycles. The van der Waals surface area contributed by atoms with Gasteiger partial charge in [0.25, 0.3) is 5.91 Å². The number of nitrogens with one attached hydrogen (secondary N) is 1. The van der Waals surface area contributed by atoms with Gasteiger partial charge in [0.15, 0.2) is 6.10 Å². The largest absolute Gasteiger partial charge is 0.480 e. The van der Waals surface area contributed by atoms with Gasteiger partial charge in [-0.2, -0.15) is 13.2 Å². The number of amides is 1. The van der Waals surface area contributed by atoms with Gasteiger partial charge in [-0.25, -0.2) is 4.79 Å². The van der Waals surface area contributed by atoms with E-state index >= 15 is 0 Å². The Morgan fingerprint density at radius 1 is 1.04 bits per heavy atom. The Morgan fingerprint density at radius 2 is 1.59 bits per heavy atom. The smallest absolute Gasteiger partial charge is 0.416 e. The summed E-state index contributed by atoms with van der Waals surface area (Å²) in [5.74, 6) is -2.30. The zero-order chi connectivity index (χ0) is 20.2. The molecule has 2 aromatic rings. The van der Waals surface area contributed by atoms with E-state index in [0.717, 1.165) is 27.8 Å². The van der Waals surface area contributed by atoms with E-state index in [9.17, 15) is 33.0 Å². The third-order valence-electron chi connectivity index (χ3n) is 3.77. The van der Waals surface area contributed by atoms with Gasteiger partial charge in [0.2, 0.25) is 0 Å². The number of halogens is 4. The summed E-state index contributed by atoms with van der Waals surface area (Å²) < 4.78 is 38.7. The van der Waals surface area contributed by atoms with Crippen molar-refractivity contribution in [2.24, 2.45) is 0 Å². The fourth-order valence-electron chi connectivity index (χ4n) is 2.31. The van der Waals surface area contributed by atoms with Gasteiger partial charge >= 0.3 is 12.1 Å². The lowest BCUT2D eigenvalue weighted by molar-refractivity contribution is -0.143. The molecule has 0 fully saturated rings. The van der Waals surface area contributed by atoms with Crippen molar-refractivity contribution in [2.45, 2.75) is 24.7 Å². The molecule has 0 aliphatic heterocycles. The van der Waals surface area contributed by atoms with Gasteiger partial charge in [-0.15, -0.1) is 0 Å². The highest BCUT2D eigenvalue weighted by atomic mass is 127. The molecule has 0 bridgehead atoms. The summed E-state index contributed by atoms with van der Waals surface area (Å²) in [5, 5.41) is 21.5. The predicted octanol–water partition coefficient (Wildman–Crippen LogP) is 3.16. The molecule has 0 aliphatic rings. The number of aliphatic hydroxyl groups excluding tert-OH is 1. The second kappa shape index (κ2) is 8.70. The van der Waals surface area contributed by atoms with Gasteiger partial charge in [0.05, 0.1) is 5.56 Å². The van der Waals surface area contributed by atoms with Crippen LogP contribution in [0, 0.1) is 3.57 Å². The molecule has 0 unspecified atom stereocenters. The molecule has 0 saturated carbocycles. The summed E-state index contributed by atoms with van der Waals surface area (Å²) in [7, 11) is 0. The molecule has 27 heavy (non-hydrogen) atoms. The molecule has 2 rings (SSSR count). The quantitative estimate of drug-likeness (QED) is 0.540. The second-order valence-corrected chi connectivity index (χ2v) is 7.00. The SMILES string of the molecule is O=C(N[C@H](Cc1ccc(I)cc1)C(=O)O)[C@@H](O)c1ccc(C(F)(F)F)cc1. The Balaban J connectivity index is 2.07. The van der Waals surface area contributed by atoms with Crippen LogP contribution in [0.3, 0.4) is 0 Å². The number of hydrogen-bond acceptors (Lipinski definition) is 3. The number of alkyl halides is 3. The van der Waals surface area contributed by atoms with Crippen molar-refractivity contribution in [1.29, 1.82) is 0 Å². The van der Waals surface area contributed by atoms with Crippen LogP contribution in [0.25, 0.3) is 0 Å². The number of hydrogen-bond donors (Lipinski definition) is 3. The van der Waals surface area contributed by atoms with Gasteiger partial charge in [-0.05, 0) is 58.0 Å². The Bertz CT molecular complexity index is 807. The highest BCUT2D eigenvalue weighted by Crippen LogP contribution is 2.30. The number of carbonyl (C=O) groups excluding carboxylic acids is 1. The molecule has 0 saturated heterocycles. The Labute approximate surface area is 166 Å². The van der Waals surface area contributed by atoms with Crippen molar-refractivity contribution in [3.05, 3.63) is 68.8 Å². The normalized spacial score (nSPS) is 13.7. The number of carbonyl (C=O) groups is 2. The van der Waals surface area contributed by atoms with E-state index < -0.39 is 35.8 Å². The topological polar surface area (TPSA) is 86.6 Å². The van der Waals surface area contributed by atoms with Crippen LogP contribution in [0.5, 0.6) is 0 Å². The van der Waals surface area contributed by atoms with Crippen molar-refractivity contribution in [3.8, 4) is 0 Å². The monoisotopic (exact) mass is 493 g/mol. The van der Waals surface area contributed by atoms with E-state index in [1.165, 1.54) is 0 Å². The first-order chi connectivity index (χ1) is 12.6. The molecule has 1 amide bonds. The number of rotatable bonds is 6. The first kappa shape index (κ1) is 21.2. The molecule has 0 heterocycles. The lowest BCUT2D eigenvalue weighted by Crippen LogP contribution is -2.44. The lowest BCUT2D eigenvalue weighted by Gasteiger charge is -2.18. The zero-order valence-corrected chi connectivity index (χ0v) is 15.9. The summed E-state index contributed by atoms with van der Waals surface area (Å²) in [6, 6.07) is 9.15. The van der Waals surface area contributed by atoms with Crippen molar-refractivity contribution in [2.75, 3.05) is 0 Å². The molecule has 0 aromatic heterocycles. The molecule has 0 aliphatic carbocycles. The van der Waals surface area contributed by atoms with E-state index in [0.29, 0.717) is 5.56 Å². The maximum absolute atomic E-state index is 12.6. The molecule has 2 atom stereocenters. The number of aliphatic carboxylic acids is 1. The van der Waals surface area contributed by atoms with E-state index in [-0.39, 0.29) is 12.0 Å². The fourth-order valence-corrected chi connectivity index (χ4v) is 2.67. The maximum atomic E-state index is 12.6. The van der Waals surface area contributed by atoms with Crippen molar-refractivity contribution in [3.63, 3.8) is 0 Å². The van der Waals surface area contributed by atoms with Gasteiger partial charge in [-0.1, -0.05) is 24.3 Å². The molecular weight excluding hydrogens is 478 g/mol. The van der Waals surface area contributed by atoms with Crippen LogP contribution in [0.15, 0.2) is 48.5 Å². The first-order valence-corrected chi connectivity index (χ1v) is 8.78.